The number of benzene rings is 2. The highest BCUT2D eigenvalue weighted by Crippen LogP contribution is 2.12. The van der Waals surface area contributed by atoms with Crippen LogP contribution in [0.2, 0.25) is 0 Å². The van der Waals surface area contributed by atoms with Gasteiger partial charge in [-0.1, -0.05) is 49.6 Å². The molecule has 4 heteroatoms. The molecule has 4 nitrogen and oxygen atoms in total. The number of aromatic nitrogens is 4. The van der Waals surface area contributed by atoms with Gasteiger partial charge < -0.3 is 0 Å². The molecule has 0 aliphatic heterocycles. The first-order chi connectivity index (χ1) is 12.3. The molecule has 0 radical (unpaired) electrons. The standard InChI is InChI=1S/C21H22N4/c1-3-13-22-15-24(20-11-7-5-9-18(20)22)17-25-16-23(14-4-2)19-10-6-8-12-21(19)25/h3-12,15-16H,1-2,13-14,17H2/q+2. The van der Waals surface area contributed by atoms with E-state index in [1.807, 2.05) is 12.2 Å². The number of rotatable bonds is 6. The van der Waals surface area contributed by atoms with E-state index in [4.69, 9.17) is 0 Å². The zero-order valence-corrected chi connectivity index (χ0v) is 14.3. The third-order valence-electron chi connectivity index (χ3n) is 4.52. The quantitative estimate of drug-likeness (QED) is 0.382. The van der Waals surface area contributed by atoms with Gasteiger partial charge in [0.05, 0.1) is 0 Å². The molecule has 0 saturated heterocycles. The van der Waals surface area contributed by atoms with Crippen LogP contribution in [0.5, 0.6) is 0 Å². The molecule has 2 heterocycles. The maximum Gasteiger partial charge on any atom is 0.248 e. The molecule has 25 heavy (non-hydrogen) atoms. The number of imidazole rings is 2. The fourth-order valence-electron chi connectivity index (χ4n) is 3.44. The predicted molar refractivity (Wildman–Crippen MR) is 100 cm³/mol. The Morgan fingerprint density at radius 2 is 1.16 bits per heavy atom. The number of hydrogen-bond acceptors (Lipinski definition) is 0. The number of para-hydroxylation sites is 4. The van der Waals surface area contributed by atoms with Crippen LogP contribution in [-0.4, -0.2) is 9.13 Å². The molecule has 2 aromatic heterocycles. The van der Waals surface area contributed by atoms with Crippen molar-refractivity contribution in [3.8, 4) is 0 Å². The Bertz CT molecular complexity index is 982. The van der Waals surface area contributed by atoms with Crippen molar-refractivity contribution in [3.63, 3.8) is 0 Å². The van der Waals surface area contributed by atoms with Crippen LogP contribution in [0, 0.1) is 0 Å². The molecule has 124 valence electrons. The summed E-state index contributed by atoms with van der Waals surface area (Å²) >= 11 is 0. The van der Waals surface area contributed by atoms with Crippen molar-refractivity contribution in [1.29, 1.82) is 0 Å². The van der Waals surface area contributed by atoms with Gasteiger partial charge in [-0.3, -0.25) is 0 Å². The van der Waals surface area contributed by atoms with Gasteiger partial charge >= 0.3 is 0 Å². The van der Waals surface area contributed by atoms with E-state index < -0.39 is 0 Å². The molecule has 0 unspecified atom stereocenters. The molecule has 0 saturated carbocycles. The molecule has 0 N–H and O–H groups in total. The fraction of sp³-hybridized carbons (Fsp3) is 0.143. The van der Waals surface area contributed by atoms with E-state index in [9.17, 15) is 0 Å². The third-order valence-corrected chi connectivity index (χ3v) is 4.52. The molecule has 0 amide bonds. The molecule has 0 spiro atoms. The Kier molecular flexibility index (Phi) is 3.94. The first-order valence-electron chi connectivity index (χ1n) is 8.48. The molecular formula is C21H22N4+2. The van der Waals surface area contributed by atoms with Gasteiger partial charge in [0.2, 0.25) is 19.3 Å². The highest BCUT2D eigenvalue weighted by Gasteiger charge is 2.20. The molecule has 4 aromatic rings. The molecule has 0 atom stereocenters. The summed E-state index contributed by atoms with van der Waals surface area (Å²) in [6.07, 6.45) is 8.19. The molecular weight excluding hydrogens is 308 g/mol. The van der Waals surface area contributed by atoms with Crippen LogP contribution in [0.1, 0.15) is 0 Å². The molecule has 0 aliphatic carbocycles. The fourth-order valence-corrected chi connectivity index (χ4v) is 3.44. The van der Waals surface area contributed by atoms with Gasteiger partial charge in [0, 0.05) is 0 Å². The normalized spacial score (nSPS) is 11.2. The number of allylic oxidation sites excluding steroid dienone is 2. The molecule has 0 bridgehead atoms. The van der Waals surface area contributed by atoms with E-state index in [2.05, 4.69) is 92.6 Å². The third kappa shape index (κ3) is 2.66. The summed E-state index contributed by atoms with van der Waals surface area (Å²) in [6, 6.07) is 17.0. The highest BCUT2D eigenvalue weighted by molar-refractivity contribution is 5.72. The molecule has 4 rings (SSSR count). The minimum Gasteiger partial charge on any atom is -0.226 e. The van der Waals surface area contributed by atoms with E-state index in [1.165, 1.54) is 22.1 Å². The van der Waals surface area contributed by atoms with Crippen molar-refractivity contribution >= 4 is 22.1 Å². The topological polar surface area (TPSA) is 17.6 Å². The van der Waals surface area contributed by atoms with Crippen LogP contribution in [0.25, 0.3) is 22.1 Å². The molecule has 0 fully saturated rings. The molecule has 2 aromatic carbocycles. The van der Waals surface area contributed by atoms with Crippen LogP contribution >= 0.6 is 0 Å². The zero-order valence-electron chi connectivity index (χ0n) is 14.3. The Morgan fingerprint density at radius 3 is 1.60 bits per heavy atom. The van der Waals surface area contributed by atoms with Crippen molar-refractivity contribution < 1.29 is 9.13 Å². The van der Waals surface area contributed by atoms with Crippen molar-refractivity contribution in [2.75, 3.05) is 0 Å². The van der Waals surface area contributed by atoms with Crippen molar-refractivity contribution in [2.45, 2.75) is 19.8 Å². The van der Waals surface area contributed by atoms with Gasteiger partial charge in [-0.2, -0.15) is 9.13 Å². The van der Waals surface area contributed by atoms with Crippen LogP contribution in [-0.2, 0) is 19.8 Å². The minimum atomic E-state index is 0.759. The van der Waals surface area contributed by atoms with Crippen LogP contribution in [0.15, 0.2) is 86.5 Å². The van der Waals surface area contributed by atoms with Gasteiger partial charge in [-0.25, -0.2) is 9.13 Å². The Hall–Kier alpha value is -3.14. The molecule has 0 aliphatic rings. The Morgan fingerprint density at radius 1 is 0.720 bits per heavy atom. The average Bonchev–Trinajstić information content (AvgIpc) is 3.16. The Balaban J connectivity index is 1.83. The number of fused-ring (bicyclic) bond motifs is 2. The monoisotopic (exact) mass is 330 g/mol. The van der Waals surface area contributed by atoms with E-state index in [1.54, 1.807) is 0 Å². The first-order valence-corrected chi connectivity index (χ1v) is 8.48. The van der Waals surface area contributed by atoms with Crippen LogP contribution in [0.3, 0.4) is 0 Å². The van der Waals surface area contributed by atoms with E-state index in [0.717, 1.165) is 19.8 Å². The smallest absolute Gasteiger partial charge is 0.226 e. The van der Waals surface area contributed by atoms with Gasteiger partial charge in [0.25, 0.3) is 0 Å². The van der Waals surface area contributed by atoms with Gasteiger partial charge in [-0.05, 0) is 24.3 Å². The van der Waals surface area contributed by atoms with E-state index >= 15 is 0 Å². The second kappa shape index (κ2) is 6.40. The maximum atomic E-state index is 3.87. The van der Waals surface area contributed by atoms with Gasteiger partial charge in [0.15, 0.2) is 22.1 Å². The summed E-state index contributed by atoms with van der Waals surface area (Å²) in [7, 11) is 0. The summed E-state index contributed by atoms with van der Waals surface area (Å²) in [5.74, 6) is 0. The summed E-state index contributed by atoms with van der Waals surface area (Å²) in [5.41, 5.74) is 4.88. The first kappa shape index (κ1) is 15.4. The zero-order chi connectivity index (χ0) is 17.2. The summed E-state index contributed by atoms with van der Waals surface area (Å²) in [4.78, 5) is 0. The van der Waals surface area contributed by atoms with Crippen LogP contribution < -0.4 is 9.13 Å². The maximum absolute atomic E-state index is 3.87. The second-order valence-electron chi connectivity index (χ2n) is 6.17. The summed E-state index contributed by atoms with van der Waals surface area (Å²) in [5, 5.41) is 0. The lowest BCUT2D eigenvalue weighted by molar-refractivity contribution is -0.890. The lowest BCUT2D eigenvalue weighted by Crippen LogP contribution is -2.50. The van der Waals surface area contributed by atoms with Crippen molar-refractivity contribution in [1.82, 2.24) is 9.13 Å². The predicted octanol–water partition coefficient (Wildman–Crippen LogP) is 3.05. The van der Waals surface area contributed by atoms with Crippen LogP contribution in [0.4, 0.5) is 0 Å². The average molecular weight is 330 g/mol. The Labute approximate surface area is 147 Å². The highest BCUT2D eigenvalue weighted by atomic mass is 15.2. The number of nitrogens with zero attached hydrogens (tertiary/aromatic N) is 4. The second-order valence-corrected chi connectivity index (χ2v) is 6.17. The van der Waals surface area contributed by atoms with Gasteiger partial charge in [0.1, 0.15) is 13.1 Å². The largest absolute Gasteiger partial charge is 0.248 e. The lowest BCUT2D eigenvalue weighted by Gasteiger charge is -1.95. The summed E-state index contributed by atoms with van der Waals surface area (Å²) in [6.45, 7) is 10.1. The van der Waals surface area contributed by atoms with Crippen molar-refractivity contribution in [3.05, 3.63) is 86.5 Å². The van der Waals surface area contributed by atoms with E-state index in [0.29, 0.717) is 0 Å². The van der Waals surface area contributed by atoms with E-state index in [-0.39, 0.29) is 0 Å². The number of hydrogen-bond donors (Lipinski definition) is 0. The van der Waals surface area contributed by atoms with Gasteiger partial charge in [-0.15, -0.1) is 0 Å². The minimum absolute atomic E-state index is 0.759. The van der Waals surface area contributed by atoms with Crippen molar-refractivity contribution in [2.24, 2.45) is 0 Å². The summed E-state index contributed by atoms with van der Waals surface area (Å²) < 4.78 is 9.02. The lowest BCUT2D eigenvalue weighted by atomic mass is 10.3. The SMILES string of the molecule is C=CCn1c[n+](C[n+]2cn(CC=C)c3ccccc32)c2ccccc21.